The van der Waals surface area contributed by atoms with Gasteiger partial charge in [-0.3, -0.25) is 4.79 Å². The van der Waals surface area contributed by atoms with Gasteiger partial charge >= 0.3 is 12.0 Å². The molecule has 0 saturated carbocycles. The van der Waals surface area contributed by atoms with Crippen LogP contribution in [-0.4, -0.2) is 41.6 Å². The minimum absolute atomic E-state index is 0.182. The van der Waals surface area contributed by atoms with Gasteiger partial charge in [-0.25, -0.2) is 4.79 Å². The molecular weight excluding hydrogens is 300 g/mol. The van der Waals surface area contributed by atoms with Gasteiger partial charge in [0.2, 0.25) is 0 Å². The van der Waals surface area contributed by atoms with Crippen molar-refractivity contribution < 1.29 is 14.7 Å². The monoisotopic (exact) mass is 316 g/mol. The number of urea groups is 1. The average molecular weight is 317 g/mol. The number of rotatable bonds is 4. The van der Waals surface area contributed by atoms with Crippen LogP contribution < -0.4 is 5.32 Å². The summed E-state index contributed by atoms with van der Waals surface area (Å²) in [6.45, 7) is 1.45. The van der Waals surface area contributed by atoms with Crippen LogP contribution in [0.5, 0.6) is 0 Å². The predicted molar refractivity (Wildman–Crippen MR) is 78.4 cm³/mol. The topological polar surface area (TPSA) is 69.6 Å². The van der Waals surface area contributed by atoms with Gasteiger partial charge in [-0.2, -0.15) is 0 Å². The highest BCUT2D eigenvalue weighted by molar-refractivity contribution is 7.16. The Morgan fingerprint density at radius 1 is 1.50 bits per heavy atom. The summed E-state index contributed by atoms with van der Waals surface area (Å²) in [5.41, 5.74) is 0. The van der Waals surface area contributed by atoms with Gasteiger partial charge in [0.05, 0.1) is 10.3 Å². The van der Waals surface area contributed by atoms with Gasteiger partial charge in [-0.1, -0.05) is 11.6 Å². The fourth-order valence-corrected chi connectivity index (χ4v) is 3.34. The van der Waals surface area contributed by atoms with Crippen LogP contribution in [0.2, 0.25) is 4.34 Å². The van der Waals surface area contributed by atoms with Crippen molar-refractivity contribution in [1.82, 2.24) is 10.2 Å². The molecule has 2 amide bonds. The van der Waals surface area contributed by atoms with E-state index >= 15 is 0 Å². The minimum Gasteiger partial charge on any atom is -0.481 e. The molecule has 1 saturated heterocycles. The number of carboxylic acid groups (broad SMARTS) is 1. The molecule has 1 aliphatic rings. The molecule has 2 N–H and O–H groups in total. The van der Waals surface area contributed by atoms with Crippen LogP contribution in [0.3, 0.4) is 0 Å². The second kappa shape index (κ2) is 6.95. The molecule has 1 fully saturated rings. The largest absolute Gasteiger partial charge is 0.481 e. The fourth-order valence-electron chi connectivity index (χ4n) is 2.25. The summed E-state index contributed by atoms with van der Waals surface area (Å²) < 4.78 is 0.742. The molecule has 0 aliphatic carbocycles. The van der Waals surface area contributed by atoms with Crippen molar-refractivity contribution in [3.05, 3.63) is 21.3 Å². The summed E-state index contributed by atoms with van der Waals surface area (Å²) >= 11 is 7.34. The molecule has 2 rings (SSSR count). The first-order chi connectivity index (χ1) is 9.56. The number of thiophene rings is 1. The van der Waals surface area contributed by atoms with Gasteiger partial charge in [-0.05, 0) is 31.4 Å². The summed E-state index contributed by atoms with van der Waals surface area (Å²) in [5, 5.41) is 11.8. The van der Waals surface area contributed by atoms with E-state index in [1.54, 1.807) is 4.90 Å². The Balaban J connectivity index is 1.75. The second-order valence-corrected chi connectivity index (χ2v) is 6.61. The highest BCUT2D eigenvalue weighted by atomic mass is 35.5. The molecule has 7 heteroatoms. The Labute approximate surface area is 126 Å². The summed E-state index contributed by atoms with van der Waals surface area (Å²) in [7, 11) is 0. The summed E-state index contributed by atoms with van der Waals surface area (Å²) in [5.74, 6) is -1.26. The van der Waals surface area contributed by atoms with E-state index in [0.717, 1.165) is 22.1 Å². The van der Waals surface area contributed by atoms with Crippen LogP contribution >= 0.6 is 22.9 Å². The Kier molecular flexibility index (Phi) is 5.25. The van der Waals surface area contributed by atoms with Crippen LogP contribution in [-0.2, 0) is 11.2 Å². The summed E-state index contributed by atoms with van der Waals surface area (Å²) in [6.07, 6.45) is 2.12. The minimum atomic E-state index is -0.823. The maximum Gasteiger partial charge on any atom is 0.317 e. The van der Waals surface area contributed by atoms with Crippen molar-refractivity contribution in [3.63, 3.8) is 0 Å². The Bertz CT molecular complexity index is 492. The van der Waals surface area contributed by atoms with Gasteiger partial charge in [-0.15, -0.1) is 11.3 Å². The van der Waals surface area contributed by atoms with E-state index in [-0.39, 0.29) is 6.03 Å². The van der Waals surface area contributed by atoms with Gasteiger partial charge in [0.25, 0.3) is 0 Å². The number of carbonyl (C=O) groups excluding carboxylic acids is 1. The number of nitrogens with one attached hydrogen (secondary N) is 1. The van der Waals surface area contributed by atoms with E-state index in [9.17, 15) is 9.59 Å². The number of amides is 2. The molecule has 0 bridgehead atoms. The summed E-state index contributed by atoms with van der Waals surface area (Å²) in [6, 6.07) is 3.60. The van der Waals surface area contributed by atoms with Crippen molar-refractivity contribution in [1.29, 1.82) is 0 Å². The highest BCUT2D eigenvalue weighted by Crippen LogP contribution is 2.21. The van der Waals surface area contributed by atoms with Crippen molar-refractivity contribution >= 4 is 34.9 Å². The van der Waals surface area contributed by atoms with Crippen molar-refractivity contribution in [2.24, 2.45) is 5.92 Å². The normalized spacial score (nSPS) is 18.9. The number of likely N-dealkylation sites (tertiary alicyclic amines) is 1. The quantitative estimate of drug-likeness (QED) is 0.896. The Morgan fingerprint density at radius 3 is 2.95 bits per heavy atom. The predicted octanol–water partition coefficient (Wildman–Crippen LogP) is 2.45. The average Bonchev–Trinajstić information content (AvgIpc) is 2.84. The first-order valence-electron chi connectivity index (χ1n) is 6.56. The van der Waals surface area contributed by atoms with Gasteiger partial charge in [0, 0.05) is 24.5 Å². The first-order valence-corrected chi connectivity index (χ1v) is 7.75. The van der Waals surface area contributed by atoms with Crippen molar-refractivity contribution in [2.75, 3.05) is 19.6 Å². The molecule has 1 aliphatic heterocycles. The first kappa shape index (κ1) is 15.1. The number of nitrogens with zero attached hydrogens (tertiary/aromatic N) is 1. The van der Waals surface area contributed by atoms with Crippen LogP contribution in [0.25, 0.3) is 0 Å². The van der Waals surface area contributed by atoms with Gasteiger partial charge in [0.1, 0.15) is 0 Å². The van der Waals surface area contributed by atoms with Crippen LogP contribution in [0.4, 0.5) is 4.79 Å². The van der Waals surface area contributed by atoms with Crippen LogP contribution in [0.15, 0.2) is 12.1 Å². The molecule has 110 valence electrons. The zero-order valence-electron chi connectivity index (χ0n) is 11.0. The van der Waals surface area contributed by atoms with Crippen LogP contribution in [0, 0.1) is 5.92 Å². The molecule has 0 radical (unpaired) electrons. The van der Waals surface area contributed by atoms with Gasteiger partial charge in [0.15, 0.2) is 0 Å². The third-order valence-corrected chi connectivity index (χ3v) is 4.63. The standard InChI is InChI=1S/C13H17ClN2O3S/c14-11-4-3-10(20-11)5-6-15-13(19)16-7-1-2-9(8-16)12(17)18/h3-4,9H,1-2,5-8H2,(H,15,19)(H,17,18)/t9-/m1/s1. The Morgan fingerprint density at radius 2 is 2.30 bits per heavy atom. The lowest BCUT2D eigenvalue weighted by Crippen LogP contribution is -2.47. The highest BCUT2D eigenvalue weighted by Gasteiger charge is 2.27. The number of hydrogen-bond acceptors (Lipinski definition) is 3. The maximum atomic E-state index is 12.0. The van der Waals surface area contributed by atoms with E-state index in [1.807, 2.05) is 12.1 Å². The molecule has 1 aromatic rings. The molecule has 0 aromatic carbocycles. The second-order valence-electron chi connectivity index (χ2n) is 4.81. The van der Waals surface area contributed by atoms with Crippen molar-refractivity contribution in [3.8, 4) is 0 Å². The lowest BCUT2D eigenvalue weighted by atomic mass is 9.99. The molecule has 1 atom stereocenters. The van der Waals surface area contributed by atoms with E-state index in [4.69, 9.17) is 16.7 Å². The zero-order chi connectivity index (χ0) is 14.5. The molecule has 0 unspecified atom stereocenters. The number of carboxylic acids is 1. The maximum absolute atomic E-state index is 12.0. The number of piperidine rings is 1. The van der Waals surface area contributed by atoms with Gasteiger partial charge < -0.3 is 15.3 Å². The van der Waals surface area contributed by atoms with Crippen molar-refractivity contribution in [2.45, 2.75) is 19.3 Å². The van der Waals surface area contributed by atoms with E-state index in [0.29, 0.717) is 26.1 Å². The third-order valence-electron chi connectivity index (χ3n) is 3.33. The lowest BCUT2D eigenvalue weighted by molar-refractivity contribution is -0.143. The molecule has 0 spiro atoms. The molecular formula is C13H17ClN2O3S. The third kappa shape index (κ3) is 4.11. The molecule has 2 heterocycles. The number of hydrogen-bond donors (Lipinski definition) is 2. The number of halogens is 1. The summed E-state index contributed by atoms with van der Waals surface area (Å²) in [4.78, 5) is 25.6. The number of aliphatic carboxylic acids is 1. The molecule has 20 heavy (non-hydrogen) atoms. The molecule has 5 nitrogen and oxygen atoms in total. The van der Waals surface area contributed by atoms with E-state index in [2.05, 4.69) is 5.32 Å². The Hall–Kier alpha value is -1.27. The molecule has 1 aromatic heterocycles. The van der Waals surface area contributed by atoms with E-state index in [1.165, 1.54) is 11.3 Å². The fraction of sp³-hybridized carbons (Fsp3) is 0.538. The lowest BCUT2D eigenvalue weighted by Gasteiger charge is -2.30. The van der Waals surface area contributed by atoms with Crippen LogP contribution in [0.1, 0.15) is 17.7 Å². The van der Waals surface area contributed by atoms with E-state index < -0.39 is 11.9 Å². The SMILES string of the molecule is O=C(O)[C@@H]1CCCN(C(=O)NCCc2ccc(Cl)s2)C1. The number of carbonyl (C=O) groups is 2. The smallest absolute Gasteiger partial charge is 0.317 e. The zero-order valence-corrected chi connectivity index (χ0v) is 12.5.